The van der Waals surface area contributed by atoms with E-state index in [2.05, 4.69) is 15.9 Å². The maximum absolute atomic E-state index is 10.2. The van der Waals surface area contributed by atoms with Crippen molar-refractivity contribution in [3.05, 3.63) is 33.0 Å². The highest BCUT2D eigenvalue weighted by Crippen LogP contribution is 2.12. The third kappa shape index (κ3) is 1.64. The highest BCUT2D eigenvalue weighted by molar-refractivity contribution is 9.10. The van der Waals surface area contributed by atoms with E-state index in [1.807, 2.05) is 0 Å². The average molecular weight is 220 g/mol. The van der Waals surface area contributed by atoms with Gasteiger partial charge in [-0.15, -0.1) is 0 Å². The van der Waals surface area contributed by atoms with Crippen molar-refractivity contribution in [3.8, 4) is 0 Å². The first kappa shape index (κ1) is 7.93. The van der Waals surface area contributed by atoms with Crippen molar-refractivity contribution in [3.63, 3.8) is 0 Å². The molecule has 5 nitrogen and oxygen atoms in total. The Hall–Kier alpha value is -1.17. The number of pyridine rings is 1. The van der Waals surface area contributed by atoms with Crippen LogP contribution in [0.15, 0.2) is 22.9 Å². The lowest BCUT2D eigenvalue weighted by molar-refractivity contribution is -0.913. The van der Waals surface area contributed by atoms with Gasteiger partial charge in [0.25, 0.3) is 5.69 Å². The molecule has 0 radical (unpaired) electrons. The van der Waals surface area contributed by atoms with E-state index >= 15 is 0 Å². The zero-order chi connectivity index (χ0) is 8.43. The molecule has 11 heavy (non-hydrogen) atoms. The Morgan fingerprint density at radius 3 is 2.82 bits per heavy atom. The van der Waals surface area contributed by atoms with Gasteiger partial charge in [0.15, 0.2) is 0 Å². The molecule has 1 heterocycles. The minimum Gasteiger partial charge on any atom is -0.284 e. The second kappa shape index (κ2) is 2.83. The van der Waals surface area contributed by atoms with Gasteiger partial charge in [0, 0.05) is 20.7 Å². The Balaban J connectivity index is 3.15. The van der Waals surface area contributed by atoms with Crippen LogP contribution in [-0.4, -0.2) is 10.1 Å². The van der Waals surface area contributed by atoms with Crippen LogP contribution in [0.4, 0.5) is 5.69 Å². The number of halogens is 1. The van der Waals surface area contributed by atoms with Crippen molar-refractivity contribution in [2.75, 3.05) is 0 Å². The number of aromatic nitrogens is 1. The van der Waals surface area contributed by atoms with E-state index in [1.54, 1.807) is 0 Å². The summed E-state index contributed by atoms with van der Waals surface area (Å²) in [5.41, 5.74) is -0.0674. The van der Waals surface area contributed by atoms with Crippen molar-refractivity contribution >= 4 is 21.6 Å². The van der Waals surface area contributed by atoms with E-state index in [9.17, 15) is 10.1 Å². The van der Waals surface area contributed by atoms with Crippen molar-refractivity contribution in [2.24, 2.45) is 0 Å². The molecule has 1 N–H and O–H groups in total. The molecule has 0 atom stereocenters. The van der Waals surface area contributed by atoms with Gasteiger partial charge in [-0.2, -0.15) is 0 Å². The van der Waals surface area contributed by atoms with Crippen LogP contribution in [0.1, 0.15) is 0 Å². The summed E-state index contributed by atoms with van der Waals surface area (Å²) in [7, 11) is 0. The van der Waals surface area contributed by atoms with Gasteiger partial charge >= 0.3 is 4.60 Å². The summed E-state index contributed by atoms with van der Waals surface area (Å²) < 4.78 is 0.985. The lowest BCUT2D eigenvalue weighted by Gasteiger charge is -1.88. The molecule has 1 aromatic rings. The summed E-state index contributed by atoms with van der Waals surface area (Å²) >= 11 is 2.92. The first-order valence-electron chi connectivity index (χ1n) is 2.66. The Bertz CT molecular complexity index is 302. The molecule has 0 aliphatic carbocycles. The van der Waals surface area contributed by atoms with Crippen LogP contribution in [0.5, 0.6) is 0 Å². The molecule has 0 bridgehead atoms. The summed E-state index contributed by atoms with van der Waals surface area (Å²) in [5.74, 6) is 0. The molecule has 0 spiro atoms. The van der Waals surface area contributed by atoms with Crippen LogP contribution in [0.25, 0.3) is 0 Å². The molecule has 0 fully saturated rings. The van der Waals surface area contributed by atoms with Crippen molar-refractivity contribution < 1.29 is 14.9 Å². The van der Waals surface area contributed by atoms with Gasteiger partial charge in [0.2, 0.25) is 6.20 Å². The van der Waals surface area contributed by atoms with Crippen LogP contribution in [0.2, 0.25) is 0 Å². The van der Waals surface area contributed by atoms with Gasteiger partial charge in [-0.3, -0.25) is 15.3 Å². The molecule has 6 heteroatoms. The third-order valence-electron chi connectivity index (χ3n) is 1.08. The molecule has 0 saturated heterocycles. The average Bonchev–Trinajstić information content (AvgIpc) is 1.94. The largest absolute Gasteiger partial charge is 0.305 e. The smallest absolute Gasteiger partial charge is 0.284 e. The Morgan fingerprint density at radius 1 is 1.73 bits per heavy atom. The van der Waals surface area contributed by atoms with Crippen LogP contribution in [-0.2, 0) is 0 Å². The minimum atomic E-state index is -0.537. The maximum Gasteiger partial charge on any atom is 0.305 e. The fourth-order valence-electron chi connectivity index (χ4n) is 0.568. The molecule has 0 saturated carbocycles. The molecule has 0 amide bonds. The lowest BCUT2D eigenvalue weighted by atomic mass is 10.4. The summed E-state index contributed by atoms with van der Waals surface area (Å²) in [5, 5.41) is 19.0. The normalized spacial score (nSPS) is 9.55. The molecular formula is C5H4BrN2O3+. The lowest BCUT2D eigenvalue weighted by Crippen LogP contribution is -2.30. The van der Waals surface area contributed by atoms with Crippen molar-refractivity contribution in [2.45, 2.75) is 0 Å². The van der Waals surface area contributed by atoms with E-state index in [4.69, 9.17) is 5.21 Å². The van der Waals surface area contributed by atoms with E-state index in [0.29, 0.717) is 0 Å². The topological polar surface area (TPSA) is 67.2 Å². The predicted octanol–water partition coefficient (Wildman–Crippen LogP) is 0.882. The monoisotopic (exact) mass is 219 g/mol. The zero-order valence-electron chi connectivity index (χ0n) is 5.27. The fraction of sp³-hybridized carbons (Fsp3) is 0. The quantitative estimate of drug-likeness (QED) is 0.251. The summed E-state index contributed by atoms with van der Waals surface area (Å²) in [4.78, 5) is 9.62. The van der Waals surface area contributed by atoms with Crippen LogP contribution >= 0.6 is 15.9 Å². The van der Waals surface area contributed by atoms with Crippen LogP contribution in [0.3, 0.4) is 0 Å². The van der Waals surface area contributed by atoms with Gasteiger partial charge < -0.3 is 0 Å². The van der Waals surface area contributed by atoms with Crippen molar-refractivity contribution in [1.82, 2.24) is 0 Å². The van der Waals surface area contributed by atoms with Crippen LogP contribution in [0, 0.1) is 10.1 Å². The van der Waals surface area contributed by atoms with Gasteiger partial charge in [0.05, 0.1) is 11.0 Å². The highest BCUT2D eigenvalue weighted by atomic mass is 79.9. The fourth-order valence-corrected chi connectivity index (χ4v) is 0.921. The Morgan fingerprint density at radius 2 is 2.36 bits per heavy atom. The highest BCUT2D eigenvalue weighted by Gasteiger charge is 2.13. The van der Waals surface area contributed by atoms with Gasteiger partial charge in [0.1, 0.15) is 6.07 Å². The van der Waals surface area contributed by atoms with Crippen LogP contribution < -0.4 is 4.73 Å². The summed E-state index contributed by atoms with van der Waals surface area (Å²) in [6.45, 7) is 0. The van der Waals surface area contributed by atoms with E-state index in [0.717, 1.165) is 4.73 Å². The maximum atomic E-state index is 10.2. The number of nitrogens with zero attached hydrogens (tertiary/aromatic N) is 2. The zero-order valence-corrected chi connectivity index (χ0v) is 6.85. The predicted molar refractivity (Wildman–Crippen MR) is 38.2 cm³/mol. The van der Waals surface area contributed by atoms with Gasteiger partial charge in [-0.05, 0) is 0 Å². The molecule has 0 aliphatic rings. The number of nitro groups is 1. The first-order chi connectivity index (χ1) is 5.11. The van der Waals surface area contributed by atoms with E-state index in [1.165, 1.54) is 18.3 Å². The molecule has 0 unspecified atom stereocenters. The SMILES string of the molecule is O=[N+]([O-])c1cc[n+](O)c(Br)c1. The minimum absolute atomic E-state index is 0.0674. The molecule has 0 aromatic carbocycles. The summed E-state index contributed by atoms with van der Waals surface area (Å²) in [6, 6.07) is 2.41. The van der Waals surface area contributed by atoms with Gasteiger partial charge in [-0.1, -0.05) is 0 Å². The Kier molecular flexibility index (Phi) is 2.04. The first-order valence-corrected chi connectivity index (χ1v) is 3.45. The standard InChI is InChI=1S/C5H4BrN2O3/c6-5-3-4(8(10)11)1-2-7(5)9/h1-3,9H/q+1. The molecular weight excluding hydrogens is 216 g/mol. The second-order valence-electron chi connectivity index (χ2n) is 1.81. The van der Waals surface area contributed by atoms with E-state index < -0.39 is 4.92 Å². The molecule has 1 aromatic heterocycles. The Labute approximate surface area is 70.1 Å². The second-order valence-corrected chi connectivity index (χ2v) is 2.62. The molecule has 58 valence electrons. The number of rotatable bonds is 1. The van der Waals surface area contributed by atoms with Crippen molar-refractivity contribution in [1.29, 1.82) is 0 Å². The number of hydrogen-bond donors (Lipinski definition) is 1. The third-order valence-corrected chi connectivity index (χ3v) is 1.68. The molecule has 1 rings (SSSR count). The number of hydrogen-bond acceptors (Lipinski definition) is 3. The molecule has 0 aliphatic heterocycles. The van der Waals surface area contributed by atoms with Gasteiger partial charge in [-0.25, -0.2) is 0 Å². The van der Waals surface area contributed by atoms with E-state index in [-0.39, 0.29) is 10.3 Å². The summed E-state index contributed by atoms with van der Waals surface area (Å²) in [6.07, 6.45) is 1.18.